The summed E-state index contributed by atoms with van der Waals surface area (Å²) < 4.78 is 0. The number of nitrogens with one attached hydrogen (secondary N) is 1. The number of carbonyl (C=O) groups is 1. The van der Waals surface area contributed by atoms with Gasteiger partial charge in [0.15, 0.2) is 5.69 Å². The highest BCUT2D eigenvalue weighted by Gasteiger charge is 2.31. The van der Waals surface area contributed by atoms with Crippen LogP contribution in [-0.4, -0.2) is 39.1 Å². The lowest BCUT2D eigenvalue weighted by atomic mass is 9.98. The Balaban J connectivity index is 1.35. The van der Waals surface area contributed by atoms with E-state index in [1.54, 1.807) is 0 Å². The molecule has 5 heteroatoms. The van der Waals surface area contributed by atoms with Gasteiger partial charge in [0, 0.05) is 35.8 Å². The number of hydrogen-bond acceptors (Lipinski definition) is 3. The summed E-state index contributed by atoms with van der Waals surface area (Å²) >= 11 is 0. The monoisotopic (exact) mass is 410 g/mol. The number of aromatic nitrogens is 3. The molecule has 3 heterocycles. The molecule has 1 atom stereocenters. The van der Waals surface area contributed by atoms with E-state index in [9.17, 15) is 4.79 Å². The highest BCUT2D eigenvalue weighted by atomic mass is 16.2. The number of nitrogens with zero attached hydrogens (tertiary/aromatic N) is 3. The number of fused-ring (bicyclic) bond motifs is 1. The maximum absolute atomic E-state index is 13.2. The summed E-state index contributed by atoms with van der Waals surface area (Å²) in [6.45, 7) is 5.49. The number of carbonyl (C=O) groups excluding carboxylic acids is 1. The van der Waals surface area contributed by atoms with E-state index in [4.69, 9.17) is 4.98 Å². The van der Waals surface area contributed by atoms with Gasteiger partial charge in [0.2, 0.25) is 0 Å². The quantitative estimate of drug-likeness (QED) is 0.526. The number of aryl methyl sites for hydroxylation is 2. The number of aromatic amines is 1. The van der Waals surface area contributed by atoms with Gasteiger partial charge in [-0.05, 0) is 62.1 Å². The van der Waals surface area contributed by atoms with Gasteiger partial charge < -0.3 is 4.90 Å². The molecule has 1 unspecified atom stereocenters. The van der Waals surface area contributed by atoms with Gasteiger partial charge in [0.25, 0.3) is 5.91 Å². The second-order valence-corrected chi connectivity index (χ2v) is 8.56. The third-order valence-electron chi connectivity index (χ3n) is 6.10. The summed E-state index contributed by atoms with van der Waals surface area (Å²) in [6, 6.07) is 20.9. The van der Waals surface area contributed by atoms with Crippen LogP contribution in [0.4, 0.5) is 0 Å². The molecule has 0 spiro atoms. The first-order chi connectivity index (χ1) is 15.1. The van der Waals surface area contributed by atoms with Crippen LogP contribution in [0.3, 0.4) is 0 Å². The minimum absolute atomic E-state index is 0.00323. The van der Waals surface area contributed by atoms with Crippen molar-refractivity contribution in [3.8, 4) is 0 Å². The van der Waals surface area contributed by atoms with Crippen molar-refractivity contribution in [3.63, 3.8) is 0 Å². The van der Waals surface area contributed by atoms with E-state index in [2.05, 4.69) is 46.6 Å². The molecule has 1 amide bonds. The molecule has 0 bridgehead atoms. The lowest BCUT2D eigenvalue weighted by Crippen LogP contribution is -2.29. The lowest BCUT2D eigenvalue weighted by molar-refractivity contribution is 0.0786. The second kappa shape index (κ2) is 7.99. The van der Waals surface area contributed by atoms with Gasteiger partial charge in [0.1, 0.15) is 0 Å². The number of pyridine rings is 1. The molecule has 1 fully saturated rings. The summed E-state index contributed by atoms with van der Waals surface area (Å²) in [4.78, 5) is 19.9. The van der Waals surface area contributed by atoms with E-state index in [1.165, 1.54) is 11.1 Å². The van der Waals surface area contributed by atoms with Gasteiger partial charge in [-0.3, -0.25) is 14.9 Å². The molecule has 2 aromatic heterocycles. The maximum atomic E-state index is 13.2. The normalized spacial score (nSPS) is 16.2. The van der Waals surface area contributed by atoms with Crippen LogP contribution >= 0.6 is 0 Å². The van der Waals surface area contributed by atoms with E-state index in [0.717, 1.165) is 47.2 Å². The fraction of sp³-hybridized carbons (Fsp3) is 0.269. The Morgan fingerprint density at radius 2 is 1.90 bits per heavy atom. The average Bonchev–Trinajstić information content (AvgIpc) is 3.41. The van der Waals surface area contributed by atoms with Gasteiger partial charge in [0.05, 0.1) is 5.52 Å². The molecule has 1 aliphatic rings. The van der Waals surface area contributed by atoms with E-state index in [-0.39, 0.29) is 11.8 Å². The third kappa shape index (κ3) is 3.96. The first-order valence-electron chi connectivity index (χ1n) is 10.8. The van der Waals surface area contributed by atoms with Crippen LogP contribution in [0.15, 0.2) is 60.7 Å². The van der Waals surface area contributed by atoms with Crippen LogP contribution < -0.4 is 0 Å². The van der Waals surface area contributed by atoms with Crippen LogP contribution in [0.5, 0.6) is 0 Å². The Labute approximate surface area is 182 Å². The van der Waals surface area contributed by atoms with Crippen molar-refractivity contribution in [1.82, 2.24) is 20.1 Å². The number of rotatable bonds is 4. The molecule has 5 nitrogen and oxygen atoms in total. The molecule has 0 radical (unpaired) electrons. The molecule has 0 saturated carbocycles. The van der Waals surface area contributed by atoms with Crippen molar-refractivity contribution in [2.45, 2.75) is 32.6 Å². The van der Waals surface area contributed by atoms with E-state index in [1.807, 2.05) is 43.0 Å². The molecule has 1 aliphatic heterocycles. The topological polar surface area (TPSA) is 61.9 Å². The largest absolute Gasteiger partial charge is 0.337 e. The zero-order valence-electron chi connectivity index (χ0n) is 17.9. The van der Waals surface area contributed by atoms with E-state index < -0.39 is 0 Å². The summed E-state index contributed by atoms with van der Waals surface area (Å²) in [7, 11) is 0. The van der Waals surface area contributed by atoms with Gasteiger partial charge >= 0.3 is 0 Å². The molecule has 156 valence electrons. The van der Waals surface area contributed by atoms with Gasteiger partial charge in [-0.15, -0.1) is 0 Å². The van der Waals surface area contributed by atoms with Crippen LogP contribution in [0.1, 0.15) is 50.9 Å². The Hall–Kier alpha value is -3.47. The molecule has 5 rings (SSSR count). The number of likely N-dealkylation sites (tertiary alicyclic amines) is 1. The fourth-order valence-electron chi connectivity index (χ4n) is 4.54. The van der Waals surface area contributed by atoms with Crippen LogP contribution in [0.2, 0.25) is 0 Å². The zero-order valence-corrected chi connectivity index (χ0v) is 17.9. The molecule has 1 saturated heterocycles. The first kappa shape index (κ1) is 19.5. The van der Waals surface area contributed by atoms with Crippen LogP contribution in [0, 0.1) is 13.8 Å². The SMILES string of the molecule is Cc1ccc2[nH]nc(C(=O)N3CCC(c4cc(Cc5ccccc5)cc(C)n4)C3)c2c1. The Kier molecular flexibility index (Phi) is 5.02. The third-order valence-corrected chi connectivity index (χ3v) is 6.10. The molecular formula is C26H26N4O. The van der Waals surface area contributed by atoms with Crippen LogP contribution in [0.25, 0.3) is 10.9 Å². The fourth-order valence-corrected chi connectivity index (χ4v) is 4.54. The van der Waals surface area contributed by atoms with E-state index in [0.29, 0.717) is 12.2 Å². The smallest absolute Gasteiger partial charge is 0.275 e. The highest BCUT2D eigenvalue weighted by molar-refractivity contribution is 6.04. The van der Waals surface area contributed by atoms with Crippen molar-refractivity contribution in [3.05, 3.63) is 94.4 Å². The van der Waals surface area contributed by atoms with Crippen molar-refractivity contribution < 1.29 is 4.79 Å². The molecule has 1 N–H and O–H groups in total. The van der Waals surface area contributed by atoms with Crippen molar-refractivity contribution >= 4 is 16.8 Å². The van der Waals surface area contributed by atoms with Crippen LogP contribution in [-0.2, 0) is 6.42 Å². The van der Waals surface area contributed by atoms with Crippen molar-refractivity contribution in [2.24, 2.45) is 0 Å². The zero-order chi connectivity index (χ0) is 21.4. The summed E-state index contributed by atoms with van der Waals surface area (Å²) in [5.41, 5.74) is 7.22. The van der Waals surface area contributed by atoms with Gasteiger partial charge in [-0.1, -0.05) is 42.0 Å². The molecule has 4 aromatic rings. The lowest BCUT2D eigenvalue weighted by Gasteiger charge is -2.16. The van der Waals surface area contributed by atoms with Gasteiger partial charge in [-0.2, -0.15) is 5.10 Å². The van der Waals surface area contributed by atoms with Crippen molar-refractivity contribution in [1.29, 1.82) is 0 Å². The Morgan fingerprint density at radius 3 is 2.74 bits per heavy atom. The number of benzene rings is 2. The number of H-pyrrole nitrogens is 1. The number of hydrogen-bond donors (Lipinski definition) is 1. The predicted octanol–water partition coefficient (Wildman–Crippen LogP) is 4.80. The first-order valence-corrected chi connectivity index (χ1v) is 10.8. The second-order valence-electron chi connectivity index (χ2n) is 8.56. The molecule has 31 heavy (non-hydrogen) atoms. The summed E-state index contributed by atoms with van der Waals surface area (Å²) in [5.74, 6) is 0.252. The molecular weight excluding hydrogens is 384 g/mol. The maximum Gasteiger partial charge on any atom is 0.275 e. The van der Waals surface area contributed by atoms with Crippen molar-refractivity contribution in [2.75, 3.05) is 13.1 Å². The standard InChI is InChI=1S/C26H26N4O/c1-17-8-9-23-22(12-17)25(29-28-23)26(31)30-11-10-21(16-30)24-15-20(13-18(2)27-24)14-19-6-4-3-5-7-19/h3-9,12-13,15,21H,10-11,14,16H2,1-2H3,(H,28,29). The Morgan fingerprint density at radius 1 is 1.06 bits per heavy atom. The Bertz CT molecular complexity index is 1240. The minimum Gasteiger partial charge on any atom is -0.337 e. The average molecular weight is 411 g/mol. The summed E-state index contributed by atoms with van der Waals surface area (Å²) in [6.07, 6.45) is 1.82. The molecule has 2 aromatic carbocycles. The summed E-state index contributed by atoms with van der Waals surface area (Å²) in [5, 5.41) is 8.21. The predicted molar refractivity (Wildman–Crippen MR) is 122 cm³/mol. The van der Waals surface area contributed by atoms with Gasteiger partial charge in [-0.25, -0.2) is 0 Å². The van der Waals surface area contributed by atoms with E-state index >= 15 is 0 Å². The molecule has 0 aliphatic carbocycles. The minimum atomic E-state index is -0.00323. The number of amides is 1. The highest BCUT2D eigenvalue weighted by Crippen LogP contribution is 2.29.